The van der Waals surface area contributed by atoms with Gasteiger partial charge in [0.25, 0.3) is 0 Å². The quantitative estimate of drug-likeness (QED) is 0.924. The van der Waals surface area contributed by atoms with Gasteiger partial charge >= 0.3 is 6.01 Å². The van der Waals surface area contributed by atoms with Gasteiger partial charge in [-0.1, -0.05) is 0 Å². The van der Waals surface area contributed by atoms with Gasteiger partial charge in [0.2, 0.25) is 11.1 Å². The van der Waals surface area contributed by atoms with Crippen molar-refractivity contribution in [3.05, 3.63) is 22.8 Å². The lowest BCUT2D eigenvalue weighted by Gasteiger charge is -2.02. The second kappa shape index (κ2) is 5.28. The van der Waals surface area contributed by atoms with Crippen molar-refractivity contribution in [2.75, 3.05) is 12.8 Å². The Hall–Kier alpha value is -1.41. The van der Waals surface area contributed by atoms with Crippen LogP contribution in [0.15, 0.2) is 33.0 Å². The van der Waals surface area contributed by atoms with Gasteiger partial charge in [0, 0.05) is 10.7 Å². The highest BCUT2D eigenvalue weighted by Gasteiger charge is 2.07. The Morgan fingerprint density at radius 3 is 2.76 bits per heavy atom. The minimum atomic E-state index is 0.122. The number of hydrogen-bond donors (Lipinski definition) is 1. The number of aromatic nitrogens is 4. The van der Waals surface area contributed by atoms with E-state index in [1.807, 2.05) is 12.1 Å². The fraction of sp³-hybridized carbons (Fsp3) is 0.111. The summed E-state index contributed by atoms with van der Waals surface area (Å²) < 4.78 is 5.82. The van der Waals surface area contributed by atoms with Crippen LogP contribution in [0, 0.1) is 0 Å². The maximum absolute atomic E-state index is 5.53. The molecule has 0 fully saturated rings. The third-order valence-electron chi connectivity index (χ3n) is 1.69. The number of anilines is 1. The lowest BCUT2D eigenvalue weighted by Crippen LogP contribution is -2.01. The van der Waals surface area contributed by atoms with Crippen molar-refractivity contribution in [1.29, 1.82) is 0 Å². The molecular weight excluding hydrogens is 306 g/mol. The van der Waals surface area contributed by atoms with Gasteiger partial charge in [0.15, 0.2) is 0 Å². The fourth-order valence-electron chi connectivity index (χ4n) is 1.01. The van der Waals surface area contributed by atoms with Crippen LogP contribution in [0.25, 0.3) is 0 Å². The van der Waals surface area contributed by atoms with Crippen LogP contribution in [0.5, 0.6) is 6.01 Å². The number of nitrogens with two attached hydrogens (primary N) is 1. The largest absolute Gasteiger partial charge is 0.467 e. The van der Waals surface area contributed by atoms with Crippen LogP contribution in [0.4, 0.5) is 5.95 Å². The minimum Gasteiger partial charge on any atom is -0.467 e. The molecule has 0 spiro atoms. The molecule has 6 nitrogen and oxygen atoms in total. The maximum Gasteiger partial charge on any atom is 0.321 e. The first-order valence-corrected chi connectivity index (χ1v) is 6.13. The third-order valence-corrected chi connectivity index (χ3v) is 2.98. The van der Waals surface area contributed by atoms with Gasteiger partial charge in [0.1, 0.15) is 5.03 Å². The summed E-state index contributed by atoms with van der Waals surface area (Å²) >= 11 is 4.60. The molecule has 2 aromatic heterocycles. The molecule has 0 saturated heterocycles. The number of methoxy groups -OCH3 is 1. The van der Waals surface area contributed by atoms with Crippen LogP contribution in [-0.4, -0.2) is 27.0 Å². The Balaban J connectivity index is 2.23. The van der Waals surface area contributed by atoms with E-state index in [9.17, 15) is 0 Å². The maximum atomic E-state index is 5.53. The second-order valence-electron chi connectivity index (χ2n) is 2.88. The molecule has 0 aliphatic rings. The van der Waals surface area contributed by atoms with Crippen LogP contribution in [0.1, 0.15) is 0 Å². The molecule has 2 heterocycles. The number of ether oxygens (including phenoxy) is 1. The molecule has 0 amide bonds. The number of nitrogens with zero attached hydrogens (tertiary/aromatic N) is 4. The summed E-state index contributed by atoms with van der Waals surface area (Å²) in [4.78, 5) is 16.0. The van der Waals surface area contributed by atoms with Crippen LogP contribution < -0.4 is 10.5 Å². The summed E-state index contributed by atoms with van der Waals surface area (Å²) in [5, 5.41) is 1.21. The summed E-state index contributed by atoms with van der Waals surface area (Å²) in [6.07, 6.45) is 1.70. The van der Waals surface area contributed by atoms with E-state index < -0.39 is 0 Å². The van der Waals surface area contributed by atoms with Gasteiger partial charge in [-0.15, -0.1) is 0 Å². The zero-order valence-corrected chi connectivity index (χ0v) is 11.2. The van der Waals surface area contributed by atoms with E-state index in [-0.39, 0.29) is 12.0 Å². The van der Waals surface area contributed by atoms with E-state index in [0.29, 0.717) is 5.16 Å². The Labute approximate surface area is 110 Å². The second-order valence-corrected chi connectivity index (χ2v) is 4.78. The summed E-state index contributed by atoms with van der Waals surface area (Å²) in [5.74, 6) is 0.122. The molecule has 2 N–H and O–H groups in total. The van der Waals surface area contributed by atoms with E-state index in [1.54, 1.807) is 6.20 Å². The van der Waals surface area contributed by atoms with Crippen molar-refractivity contribution in [2.45, 2.75) is 10.2 Å². The molecule has 0 saturated carbocycles. The molecule has 0 unspecified atom stereocenters. The number of halogens is 1. The first-order chi connectivity index (χ1) is 8.17. The van der Waals surface area contributed by atoms with Gasteiger partial charge in [-0.3, -0.25) is 0 Å². The van der Waals surface area contributed by atoms with E-state index in [4.69, 9.17) is 10.5 Å². The van der Waals surface area contributed by atoms with Crippen molar-refractivity contribution in [1.82, 2.24) is 19.9 Å². The molecule has 88 valence electrons. The topological polar surface area (TPSA) is 86.8 Å². The average molecular weight is 314 g/mol. The lowest BCUT2D eigenvalue weighted by molar-refractivity contribution is 0.374. The normalized spacial score (nSPS) is 10.2. The molecule has 0 aromatic carbocycles. The van der Waals surface area contributed by atoms with Crippen molar-refractivity contribution in [2.24, 2.45) is 0 Å². The molecule has 0 bridgehead atoms. The van der Waals surface area contributed by atoms with E-state index in [1.165, 1.54) is 18.9 Å². The predicted molar refractivity (Wildman–Crippen MR) is 66.9 cm³/mol. The highest BCUT2D eigenvalue weighted by Crippen LogP contribution is 2.24. The molecule has 0 radical (unpaired) electrons. The van der Waals surface area contributed by atoms with Gasteiger partial charge in [-0.2, -0.15) is 15.0 Å². The molecular formula is C9H8BrN5OS. The van der Waals surface area contributed by atoms with Crippen LogP contribution in [-0.2, 0) is 0 Å². The number of pyridine rings is 1. The third kappa shape index (κ3) is 3.27. The summed E-state index contributed by atoms with van der Waals surface area (Å²) in [5.41, 5.74) is 5.53. The molecule has 2 aromatic rings. The van der Waals surface area contributed by atoms with Crippen molar-refractivity contribution in [3.8, 4) is 6.01 Å². The Morgan fingerprint density at radius 2 is 2.12 bits per heavy atom. The van der Waals surface area contributed by atoms with Crippen molar-refractivity contribution >= 4 is 33.6 Å². The SMILES string of the molecule is COc1nc(N)nc(Sc2ccc(Br)cn2)n1. The predicted octanol–water partition coefficient (Wildman–Crippen LogP) is 1.77. The Bertz CT molecular complexity index is 521. The van der Waals surface area contributed by atoms with Crippen LogP contribution in [0.3, 0.4) is 0 Å². The Morgan fingerprint density at radius 1 is 1.29 bits per heavy atom. The minimum absolute atomic E-state index is 0.122. The smallest absolute Gasteiger partial charge is 0.321 e. The van der Waals surface area contributed by atoms with Crippen LogP contribution in [0.2, 0.25) is 0 Å². The highest BCUT2D eigenvalue weighted by atomic mass is 79.9. The number of hydrogen-bond acceptors (Lipinski definition) is 7. The van der Waals surface area contributed by atoms with Crippen LogP contribution >= 0.6 is 27.7 Å². The molecule has 0 aliphatic heterocycles. The van der Waals surface area contributed by atoms with E-state index in [0.717, 1.165) is 9.50 Å². The monoisotopic (exact) mass is 313 g/mol. The summed E-state index contributed by atoms with van der Waals surface area (Å²) in [7, 11) is 1.47. The molecule has 8 heteroatoms. The van der Waals surface area contributed by atoms with E-state index in [2.05, 4.69) is 35.9 Å². The number of nitrogen functional groups attached to an aromatic ring is 1. The molecule has 2 rings (SSSR count). The average Bonchev–Trinajstić information content (AvgIpc) is 2.31. The standard InChI is InChI=1S/C9H8BrN5OS/c1-16-8-13-7(11)14-9(15-8)17-6-3-2-5(10)4-12-6/h2-4H,1H3,(H2,11,13,14,15). The fourth-order valence-corrected chi connectivity index (χ4v) is 1.93. The van der Waals surface area contributed by atoms with Gasteiger partial charge in [-0.05, 0) is 39.8 Å². The first kappa shape index (κ1) is 12.1. The molecule has 17 heavy (non-hydrogen) atoms. The molecule has 0 atom stereocenters. The number of rotatable bonds is 3. The molecule has 0 aliphatic carbocycles. The lowest BCUT2D eigenvalue weighted by atomic mass is 10.5. The zero-order chi connectivity index (χ0) is 12.3. The van der Waals surface area contributed by atoms with Crippen molar-refractivity contribution in [3.63, 3.8) is 0 Å². The summed E-state index contributed by atoms with van der Waals surface area (Å²) in [6, 6.07) is 3.93. The Kier molecular flexibility index (Phi) is 3.75. The van der Waals surface area contributed by atoms with Crippen molar-refractivity contribution < 1.29 is 4.74 Å². The summed E-state index contributed by atoms with van der Waals surface area (Å²) in [6.45, 7) is 0. The first-order valence-electron chi connectivity index (χ1n) is 4.52. The zero-order valence-electron chi connectivity index (χ0n) is 8.79. The van der Waals surface area contributed by atoms with Gasteiger partial charge < -0.3 is 10.5 Å². The van der Waals surface area contributed by atoms with Gasteiger partial charge in [-0.25, -0.2) is 4.98 Å². The van der Waals surface area contributed by atoms with Gasteiger partial charge in [0.05, 0.1) is 7.11 Å². The highest BCUT2D eigenvalue weighted by molar-refractivity contribution is 9.10. The van der Waals surface area contributed by atoms with E-state index >= 15 is 0 Å².